The number of benzene rings is 6. The van der Waals surface area contributed by atoms with Crippen molar-refractivity contribution in [3.63, 3.8) is 0 Å². The summed E-state index contributed by atoms with van der Waals surface area (Å²) in [5, 5.41) is 0. The van der Waals surface area contributed by atoms with Crippen LogP contribution in [0.2, 0.25) is 0 Å². The zero-order chi connectivity index (χ0) is 36.7. The van der Waals surface area contributed by atoms with E-state index in [2.05, 4.69) is 174 Å². The molecule has 6 aromatic rings. The molecule has 5 aliphatic carbocycles. The number of nitrogens with zero attached hydrogens (tertiary/aromatic N) is 1. The van der Waals surface area contributed by atoms with E-state index in [0.717, 1.165) is 11.8 Å². The van der Waals surface area contributed by atoms with Gasteiger partial charge in [-0.05, 0) is 153 Å². The molecule has 0 amide bonds. The summed E-state index contributed by atoms with van der Waals surface area (Å²) in [6.45, 7) is 14.7. The molecule has 2 fully saturated rings. The maximum absolute atomic E-state index is 2.64. The van der Waals surface area contributed by atoms with Crippen LogP contribution >= 0.6 is 0 Å². The van der Waals surface area contributed by atoms with E-state index in [0.29, 0.717) is 11.8 Å². The van der Waals surface area contributed by atoms with E-state index in [4.69, 9.17) is 0 Å². The monoisotopic (exact) mass is 701 g/mol. The van der Waals surface area contributed by atoms with Crippen LogP contribution < -0.4 is 4.90 Å². The van der Waals surface area contributed by atoms with E-state index in [9.17, 15) is 0 Å². The van der Waals surface area contributed by atoms with Crippen molar-refractivity contribution in [2.75, 3.05) is 4.90 Å². The molecule has 6 aromatic carbocycles. The topological polar surface area (TPSA) is 3.24 Å². The Morgan fingerprint density at radius 2 is 0.852 bits per heavy atom. The molecule has 0 aromatic heterocycles. The molecule has 268 valence electrons. The average Bonchev–Trinajstić information content (AvgIpc) is 3.69. The molecule has 1 spiro atoms. The first-order valence-corrected chi connectivity index (χ1v) is 20.6. The van der Waals surface area contributed by atoms with Crippen LogP contribution in [0, 0.1) is 23.7 Å². The van der Waals surface area contributed by atoms with Crippen molar-refractivity contribution in [3.05, 3.63) is 161 Å². The van der Waals surface area contributed by atoms with Crippen LogP contribution in [0.15, 0.2) is 127 Å². The predicted molar refractivity (Wildman–Crippen MR) is 226 cm³/mol. The van der Waals surface area contributed by atoms with Gasteiger partial charge in [0.05, 0.1) is 0 Å². The Kier molecular flexibility index (Phi) is 6.69. The van der Waals surface area contributed by atoms with Gasteiger partial charge < -0.3 is 4.90 Å². The Labute approximate surface area is 322 Å². The number of fused-ring (bicyclic) bond motifs is 14. The molecular formula is C53H51N. The summed E-state index contributed by atoms with van der Waals surface area (Å²) < 4.78 is 0. The molecule has 5 atom stereocenters. The first-order chi connectivity index (χ1) is 26.1. The molecule has 2 saturated carbocycles. The van der Waals surface area contributed by atoms with Crippen molar-refractivity contribution in [3.8, 4) is 33.4 Å². The lowest BCUT2D eigenvalue weighted by Gasteiger charge is -2.54. The number of rotatable bonds is 3. The number of anilines is 3. The second-order valence-corrected chi connectivity index (χ2v) is 18.8. The zero-order valence-electron chi connectivity index (χ0n) is 32.7. The molecule has 11 rings (SSSR count). The van der Waals surface area contributed by atoms with Gasteiger partial charge in [-0.3, -0.25) is 0 Å². The molecular weight excluding hydrogens is 651 g/mol. The van der Waals surface area contributed by atoms with Gasteiger partial charge in [-0.2, -0.15) is 0 Å². The summed E-state index contributed by atoms with van der Waals surface area (Å²) in [7, 11) is 0. The van der Waals surface area contributed by atoms with Crippen LogP contribution in [-0.4, -0.2) is 0 Å². The molecule has 0 N–H and O–H groups in total. The zero-order valence-corrected chi connectivity index (χ0v) is 32.7. The van der Waals surface area contributed by atoms with E-state index >= 15 is 0 Å². The average molecular weight is 702 g/mol. The molecule has 5 unspecified atom stereocenters. The molecule has 0 radical (unpaired) electrons. The van der Waals surface area contributed by atoms with E-state index < -0.39 is 0 Å². The van der Waals surface area contributed by atoms with E-state index in [-0.39, 0.29) is 16.2 Å². The number of hydrogen-bond donors (Lipinski definition) is 0. The predicted octanol–water partition coefficient (Wildman–Crippen LogP) is 14.1. The lowest BCUT2D eigenvalue weighted by Crippen LogP contribution is -2.49. The van der Waals surface area contributed by atoms with Crippen molar-refractivity contribution in [1.29, 1.82) is 0 Å². The van der Waals surface area contributed by atoms with Crippen LogP contribution in [0.25, 0.3) is 33.4 Å². The highest BCUT2D eigenvalue weighted by Crippen LogP contribution is 2.65. The normalized spacial score (nSPS) is 25.7. The molecule has 5 aliphatic rings. The Bertz CT molecular complexity index is 2420. The van der Waals surface area contributed by atoms with Crippen molar-refractivity contribution in [2.45, 2.75) is 83.5 Å². The molecule has 54 heavy (non-hydrogen) atoms. The highest BCUT2D eigenvalue weighted by atomic mass is 15.1. The molecule has 2 bridgehead atoms. The summed E-state index contributed by atoms with van der Waals surface area (Å²) in [6, 6.07) is 49.6. The fourth-order valence-electron chi connectivity index (χ4n) is 13.0. The standard InChI is InChI=1S/C53H51N/c1-32-25-34-27-33(2)53(35(26-32)28-34)47-18-12-9-15-41(47)44-24-21-38(31-50(44)53)54(36-19-22-42-39-13-7-10-16-45(39)51(3,4)48(42)29-36)37-20-23-43-40-14-8-11-17-46(40)52(5,6)49(43)30-37/h7-24,29-35H,25-28H2,1-6H3. The van der Waals surface area contributed by atoms with Gasteiger partial charge in [0.15, 0.2) is 0 Å². The van der Waals surface area contributed by atoms with Gasteiger partial charge in [0, 0.05) is 33.3 Å². The van der Waals surface area contributed by atoms with Gasteiger partial charge in [0.1, 0.15) is 0 Å². The summed E-state index contributed by atoms with van der Waals surface area (Å²) in [6.07, 6.45) is 5.40. The second-order valence-electron chi connectivity index (χ2n) is 18.8. The van der Waals surface area contributed by atoms with Gasteiger partial charge >= 0.3 is 0 Å². The molecule has 0 aliphatic heterocycles. The van der Waals surface area contributed by atoms with Crippen LogP contribution in [0.3, 0.4) is 0 Å². The van der Waals surface area contributed by atoms with E-state index in [1.165, 1.54) is 98.4 Å². The largest absolute Gasteiger partial charge is 0.310 e. The third-order valence-corrected chi connectivity index (χ3v) is 15.2. The third kappa shape index (κ3) is 4.17. The number of hydrogen-bond acceptors (Lipinski definition) is 1. The summed E-state index contributed by atoms with van der Waals surface area (Å²) in [5.74, 6) is 2.90. The second kappa shape index (κ2) is 11.1. The van der Waals surface area contributed by atoms with Crippen molar-refractivity contribution >= 4 is 17.1 Å². The smallest absolute Gasteiger partial charge is 0.0465 e. The van der Waals surface area contributed by atoms with Gasteiger partial charge in [0.25, 0.3) is 0 Å². The molecule has 1 nitrogen and oxygen atoms in total. The maximum Gasteiger partial charge on any atom is 0.0465 e. The minimum absolute atomic E-state index is 0.0436. The van der Waals surface area contributed by atoms with Gasteiger partial charge in [-0.25, -0.2) is 0 Å². The Hall–Kier alpha value is -4.88. The summed E-state index contributed by atoms with van der Waals surface area (Å²) >= 11 is 0. The minimum Gasteiger partial charge on any atom is -0.310 e. The maximum atomic E-state index is 2.64. The quantitative estimate of drug-likeness (QED) is 0.178. The highest BCUT2D eigenvalue weighted by Gasteiger charge is 2.56. The lowest BCUT2D eigenvalue weighted by atomic mass is 9.49. The fourth-order valence-corrected chi connectivity index (χ4v) is 13.0. The Morgan fingerprint density at radius 3 is 1.39 bits per heavy atom. The van der Waals surface area contributed by atoms with E-state index in [1.807, 2.05) is 0 Å². The van der Waals surface area contributed by atoms with Crippen molar-refractivity contribution in [1.82, 2.24) is 0 Å². The van der Waals surface area contributed by atoms with Crippen LogP contribution in [-0.2, 0) is 16.2 Å². The summed E-state index contributed by atoms with van der Waals surface area (Å²) in [4.78, 5) is 2.59. The van der Waals surface area contributed by atoms with Gasteiger partial charge in [-0.15, -0.1) is 0 Å². The van der Waals surface area contributed by atoms with Crippen molar-refractivity contribution < 1.29 is 0 Å². The molecule has 1 heteroatoms. The summed E-state index contributed by atoms with van der Waals surface area (Å²) in [5.41, 5.74) is 20.8. The lowest BCUT2D eigenvalue weighted by molar-refractivity contribution is 0.0426. The highest BCUT2D eigenvalue weighted by molar-refractivity contribution is 5.90. The van der Waals surface area contributed by atoms with E-state index in [1.54, 1.807) is 11.1 Å². The first-order valence-electron chi connectivity index (χ1n) is 20.6. The van der Waals surface area contributed by atoms with Gasteiger partial charge in [0.2, 0.25) is 0 Å². The van der Waals surface area contributed by atoms with Crippen LogP contribution in [0.1, 0.15) is 101 Å². The first kappa shape index (κ1) is 32.5. The SMILES string of the molecule is CC1CC2CC(C)C3(c4ccccc4-c4ccc(N(c5ccc6c(c5)C(C)(C)c5ccccc5-6)c5ccc6c(c5)C(C)(C)c5ccccc5-6)cc43)C(C1)C2. The van der Waals surface area contributed by atoms with Crippen LogP contribution in [0.5, 0.6) is 0 Å². The molecule has 0 saturated heterocycles. The van der Waals surface area contributed by atoms with Crippen molar-refractivity contribution in [2.24, 2.45) is 23.7 Å². The fraction of sp³-hybridized carbons (Fsp3) is 0.321. The minimum atomic E-state index is -0.0788. The third-order valence-electron chi connectivity index (χ3n) is 15.2. The van der Waals surface area contributed by atoms with Crippen LogP contribution in [0.4, 0.5) is 17.1 Å². The Morgan fingerprint density at radius 1 is 0.426 bits per heavy atom. The Balaban J connectivity index is 1.14. The molecule has 0 heterocycles. The van der Waals surface area contributed by atoms with Gasteiger partial charge in [-0.1, -0.05) is 133 Å².